The van der Waals surface area contributed by atoms with Gasteiger partial charge in [0.2, 0.25) is 0 Å². The van der Waals surface area contributed by atoms with Gasteiger partial charge in [0.05, 0.1) is 11.2 Å². The molecule has 20 heavy (non-hydrogen) atoms. The molecule has 0 saturated carbocycles. The van der Waals surface area contributed by atoms with Crippen molar-refractivity contribution in [1.82, 2.24) is 10.2 Å². The Balaban J connectivity index is 2.06. The van der Waals surface area contributed by atoms with Crippen LogP contribution in [0.25, 0.3) is 0 Å². The Bertz CT molecular complexity index is 330. The summed E-state index contributed by atoms with van der Waals surface area (Å²) in [5.41, 5.74) is -0.238. The van der Waals surface area contributed by atoms with E-state index in [0.29, 0.717) is 24.5 Å². The van der Waals surface area contributed by atoms with Crippen LogP contribution in [0, 0.1) is 11.8 Å². The number of rotatable bonds is 4. The number of hydrogen-bond donors (Lipinski definition) is 2. The minimum atomic E-state index is -0.130. The van der Waals surface area contributed by atoms with E-state index in [1.807, 2.05) is 7.05 Å². The Morgan fingerprint density at radius 1 is 1.25 bits per heavy atom. The van der Waals surface area contributed by atoms with Gasteiger partial charge in [-0.2, -0.15) is 0 Å². The zero-order valence-electron chi connectivity index (χ0n) is 13.8. The van der Waals surface area contributed by atoms with Gasteiger partial charge >= 0.3 is 0 Å². The first kappa shape index (κ1) is 16.2. The van der Waals surface area contributed by atoms with Crippen LogP contribution in [-0.4, -0.2) is 60.5 Å². The summed E-state index contributed by atoms with van der Waals surface area (Å²) in [7, 11) is 2.04. The molecule has 3 atom stereocenters. The second-order valence-corrected chi connectivity index (χ2v) is 7.63. The SMILES string of the molecule is CNC1C(CN2CCCC(CO)C2)C(C)(C)OC1(C)C. The molecule has 4 heteroatoms. The van der Waals surface area contributed by atoms with Gasteiger partial charge in [-0.15, -0.1) is 0 Å². The second kappa shape index (κ2) is 5.91. The first-order valence-corrected chi connectivity index (χ1v) is 8.01. The van der Waals surface area contributed by atoms with E-state index in [1.165, 1.54) is 12.8 Å². The molecule has 0 aromatic carbocycles. The van der Waals surface area contributed by atoms with Crippen molar-refractivity contribution in [2.45, 2.75) is 57.8 Å². The molecule has 2 aliphatic rings. The van der Waals surface area contributed by atoms with E-state index in [0.717, 1.165) is 19.6 Å². The van der Waals surface area contributed by atoms with Crippen molar-refractivity contribution < 1.29 is 9.84 Å². The quantitative estimate of drug-likeness (QED) is 0.821. The van der Waals surface area contributed by atoms with Crippen molar-refractivity contribution >= 4 is 0 Å². The Hall–Kier alpha value is -0.160. The fourth-order valence-electron chi connectivity index (χ4n) is 4.32. The lowest BCUT2D eigenvalue weighted by Crippen LogP contribution is -2.51. The number of nitrogens with zero attached hydrogens (tertiary/aromatic N) is 1. The first-order chi connectivity index (χ1) is 9.30. The molecule has 2 N–H and O–H groups in total. The predicted octanol–water partition coefficient (Wildman–Crippen LogP) is 1.48. The van der Waals surface area contributed by atoms with E-state index < -0.39 is 0 Å². The molecule has 2 heterocycles. The molecule has 2 saturated heterocycles. The van der Waals surface area contributed by atoms with Crippen LogP contribution in [0.2, 0.25) is 0 Å². The van der Waals surface area contributed by atoms with Crippen LogP contribution in [0.4, 0.5) is 0 Å². The van der Waals surface area contributed by atoms with Gasteiger partial charge in [-0.05, 0) is 60.0 Å². The number of likely N-dealkylation sites (tertiary alicyclic amines) is 1. The van der Waals surface area contributed by atoms with E-state index in [9.17, 15) is 5.11 Å². The van der Waals surface area contributed by atoms with Crippen molar-refractivity contribution in [1.29, 1.82) is 0 Å². The molecule has 0 aliphatic carbocycles. The minimum absolute atomic E-state index is 0.108. The van der Waals surface area contributed by atoms with Crippen LogP contribution in [0.3, 0.4) is 0 Å². The highest BCUT2D eigenvalue weighted by Crippen LogP contribution is 2.42. The third kappa shape index (κ3) is 3.19. The van der Waals surface area contributed by atoms with Crippen molar-refractivity contribution in [2.24, 2.45) is 11.8 Å². The van der Waals surface area contributed by atoms with Gasteiger partial charge in [-0.25, -0.2) is 0 Å². The Morgan fingerprint density at radius 2 is 1.95 bits per heavy atom. The maximum absolute atomic E-state index is 9.39. The van der Waals surface area contributed by atoms with E-state index in [1.54, 1.807) is 0 Å². The number of aliphatic hydroxyl groups excluding tert-OH is 1. The van der Waals surface area contributed by atoms with Gasteiger partial charge in [0.15, 0.2) is 0 Å². The topological polar surface area (TPSA) is 44.7 Å². The molecule has 0 amide bonds. The van der Waals surface area contributed by atoms with Gasteiger partial charge < -0.3 is 20.1 Å². The fourth-order valence-corrected chi connectivity index (χ4v) is 4.32. The summed E-state index contributed by atoms with van der Waals surface area (Å²) < 4.78 is 6.31. The van der Waals surface area contributed by atoms with Crippen LogP contribution in [0.5, 0.6) is 0 Å². The van der Waals surface area contributed by atoms with Gasteiger partial charge in [0.25, 0.3) is 0 Å². The summed E-state index contributed by atoms with van der Waals surface area (Å²) in [6.45, 7) is 12.3. The first-order valence-electron chi connectivity index (χ1n) is 8.01. The van der Waals surface area contributed by atoms with E-state index in [-0.39, 0.29) is 11.2 Å². The van der Waals surface area contributed by atoms with E-state index in [4.69, 9.17) is 4.74 Å². The summed E-state index contributed by atoms with van der Waals surface area (Å²) >= 11 is 0. The summed E-state index contributed by atoms with van der Waals surface area (Å²) in [6.07, 6.45) is 2.37. The number of ether oxygens (including phenoxy) is 1. The third-order valence-electron chi connectivity index (χ3n) is 5.20. The number of piperidine rings is 1. The molecular weight excluding hydrogens is 252 g/mol. The van der Waals surface area contributed by atoms with Gasteiger partial charge in [-0.1, -0.05) is 0 Å². The van der Waals surface area contributed by atoms with Gasteiger partial charge in [0, 0.05) is 31.7 Å². The zero-order chi connectivity index (χ0) is 15.0. The lowest BCUT2D eigenvalue weighted by atomic mass is 9.81. The third-order valence-corrected chi connectivity index (χ3v) is 5.20. The van der Waals surface area contributed by atoms with Crippen LogP contribution in [0.1, 0.15) is 40.5 Å². The Labute approximate surface area is 123 Å². The summed E-state index contributed by atoms with van der Waals surface area (Å²) in [5, 5.41) is 12.9. The molecule has 2 aliphatic heterocycles. The second-order valence-electron chi connectivity index (χ2n) is 7.63. The van der Waals surface area contributed by atoms with Crippen LogP contribution < -0.4 is 5.32 Å². The molecule has 3 unspecified atom stereocenters. The van der Waals surface area contributed by atoms with Gasteiger partial charge in [0.1, 0.15) is 0 Å². The molecular formula is C16H32N2O2. The molecule has 0 radical (unpaired) electrons. The zero-order valence-corrected chi connectivity index (χ0v) is 13.8. The molecule has 2 rings (SSSR count). The molecule has 4 nitrogen and oxygen atoms in total. The maximum atomic E-state index is 9.39. The highest BCUT2D eigenvalue weighted by molar-refractivity contribution is 5.05. The summed E-state index contributed by atoms with van der Waals surface area (Å²) in [6, 6.07) is 0.368. The highest BCUT2D eigenvalue weighted by Gasteiger charge is 2.53. The lowest BCUT2D eigenvalue weighted by molar-refractivity contribution is -0.0801. The van der Waals surface area contributed by atoms with E-state index in [2.05, 4.69) is 37.9 Å². The molecule has 0 bridgehead atoms. The fraction of sp³-hybridized carbons (Fsp3) is 1.00. The molecule has 2 fully saturated rings. The number of hydrogen-bond acceptors (Lipinski definition) is 4. The maximum Gasteiger partial charge on any atom is 0.0790 e. The van der Waals surface area contributed by atoms with Crippen molar-refractivity contribution in [3.63, 3.8) is 0 Å². The monoisotopic (exact) mass is 284 g/mol. The number of aliphatic hydroxyl groups is 1. The van der Waals surface area contributed by atoms with Crippen LogP contribution in [0.15, 0.2) is 0 Å². The number of nitrogens with one attached hydrogen (secondary N) is 1. The highest BCUT2D eigenvalue weighted by atomic mass is 16.5. The number of likely N-dealkylation sites (N-methyl/N-ethyl adjacent to an activating group) is 1. The smallest absolute Gasteiger partial charge is 0.0790 e. The molecule has 0 aromatic heterocycles. The van der Waals surface area contributed by atoms with Gasteiger partial charge in [-0.3, -0.25) is 0 Å². The lowest BCUT2D eigenvalue weighted by Gasteiger charge is -2.38. The van der Waals surface area contributed by atoms with Crippen LogP contribution in [-0.2, 0) is 4.74 Å². The molecule has 0 spiro atoms. The normalized spacial score (nSPS) is 37.2. The average molecular weight is 284 g/mol. The van der Waals surface area contributed by atoms with Crippen molar-refractivity contribution in [3.8, 4) is 0 Å². The molecule has 118 valence electrons. The summed E-state index contributed by atoms with van der Waals surface area (Å²) in [5.74, 6) is 0.926. The predicted molar refractivity (Wildman–Crippen MR) is 81.8 cm³/mol. The van der Waals surface area contributed by atoms with Crippen molar-refractivity contribution in [3.05, 3.63) is 0 Å². The van der Waals surface area contributed by atoms with Crippen molar-refractivity contribution in [2.75, 3.05) is 33.3 Å². The van der Waals surface area contributed by atoms with E-state index >= 15 is 0 Å². The van der Waals surface area contributed by atoms with Crippen LogP contribution >= 0.6 is 0 Å². The average Bonchev–Trinajstić information content (AvgIpc) is 2.54. The largest absolute Gasteiger partial charge is 0.396 e. The molecule has 0 aromatic rings. The Morgan fingerprint density at radius 3 is 2.55 bits per heavy atom. The standard InChI is InChI=1S/C16H32N2O2/c1-15(2)13(14(17-5)16(3,4)20-15)10-18-8-6-7-12(9-18)11-19/h12-14,17,19H,6-11H2,1-5H3. The Kier molecular flexibility index (Phi) is 4.80. The minimum Gasteiger partial charge on any atom is -0.396 e. The summed E-state index contributed by atoms with van der Waals surface area (Å²) in [4.78, 5) is 2.52.